The number of benzene rings is 1. The Bertz CT molecular complexity index is 541. The van der Waals surface area contributed by atoms with Crippen molar-refractivity contribution in [1.29, 1.82) is 0 Å². The number of hydrogen-bond donors (Lipinski definition) is 1. The molecule has 0 amide bonds. The molecule has 0 saturated carbocycles. The first kappa shape index (κ1) is 13.4. The van der Waals surface area contributed by atoms with E-state index in [9.17, 15) is 0 Å². The molecule has 1 aromatic heterocycles. The summed E-state index contributed by atoms with van der Waals surface area (Å²) >= 11 is 2.31. The van der Waals surface area contributed by atoms with E-state index in [0.717, 1.165) is 29.1 Å². The van der Waals surface area contributed by atoms with Gasteiger partial charge in [-0.25, -0.2) is 0 Å². The molecule has 0 aliphatic rings. The summed E-state index contributed by atoms with van der Waals surface area (Å²) in [7, 11) is 1.90. The molecule has 0 unspecified atom stereocenters. The second-order valence-corrected chi connectivity index (χ2v) is 6.19. The maximum absolute atomic E-state index is 6.12. The minimum atomic E-state index is 0.569. The van der Waals surface area contributed by atoms with E-state index in [4.69, 9.17) is 5.73 Å². The Labute approximate surface area is 122 Å². The molecule has 0 bridgehead atoms. The van der Waals surface area contributed by atoms with Crippen LogP contribution in [-0.4, -0.2) is 9.78 Å². The number of halogens is 1. The van der Waals surface area contributed by atoms with Gasteiger partial charge in [0, 0.05) is 21.7 Å². The predicted molar refractivity (Wildman–Crippen MR) is 84.3 cm³/mol. The molecule has 4 heteroatoms. The Morgan fingerprint density at radius 3 is 2.44 bits per heavy atom. The third kappa shape index (κ3) is 2.68. The smallest absolute Gasteiger partial charge is 0.125 e. The SMILES string of the molecule is CC(C)Cc1c(-c2ccc(I)cc2)nn(C)c1N. The number of nitrogens with two attached hydrogens (primary N) is 1. The minimum Gasteiger partial charge on any atom is -0.384 e. The molecule has 0 radical (unpaired) electrons. The van der Waals surface area contributed by atoms with E-state index in [1.165, 1.54) is 3.57 Å². The lowest BCUT2D eigenvalue weighted by Gasteiger charge is -2.06. The van der Waals surface area contributed by atoms with Crippen LogP contribution in [0.15, 0.2) is 24.3 Å². The van der Waals surface area contributed by atoms with E-state index in [1.54, 1.807) is 4.68 Å². The van der Waals surface area contributed by atoms with Crippen LogP contribution in [0.25, 0.3) is 11.3 Å². The first-order chi connectivity index (χ1) is 8.49. The van der Waals surface area contributed by atoms with Gasteiger partial charge in [0.15, 0.2) is 0 Å². The number of anilines is 1. The Kier molecular flexibility index (Phi) is 3.94. The molecule has 1 heterocycles. The van der Waals surface area contributed by atoms with Crippen molar-refractivity contribution in [3.8, 4) is 11.3 Å². The highest BCUT2D eigenvalue weighted by Gasteiger charge is 2.16. The second kappa shape index (κ2) is 5.30. The van der Waals surface area contributed by atoms with Gasteiger partial charge in [-0.2, -0.15) is 5.10 Å². The summed E-state index contributed by atoms with van der Waals surface area (Å²) in [5, 5.41) is 4.55. The van der Waals surface area contributed by atoms with Crippen LogP contribution in [0.3, 0.4) is 0 Å². The fourth-order valence-electron chi connectivity index (χ4n) is 2.03. The number of nitrogen functional groups attached to an aromatic ring is 1. The van der Waals surface area contributed by atoms with Crippen molar-refractivity contribution in [3.63, 3.8) is 0 Å². The third-order valence-electron chi connectivity index (χ3n) is 2.92. The first-order valence-corrected chi connectivity index (χ1v) is 7.14. The molecule has 0 saturated heterocycles. The summed E-state index contributed by atoms with van der Waals surface area (Å²) in [5.74, 6) is 1.34. The zero-order valence-electron chi connectivity index (χ0n) is 10.9. The number of nitrogens with zero attached hydrogens (tertiary/aromatic N) is 2. The highest BCUT2D eigenvalue weighted by molar-refractivity contribution is 14.1. The van der Waals surface area contributed by atoms with Gasteiger partial charge in [0.1, 0.15) is 5.82 Å². The van der Waals surface area contributed by atoms with Crippen molar-refractivity contribution < 1.29 is 0 Å². The van der Waals surface area contributed by atoms with Crippen molar-refractivity contribution in [2.24, 2.45) is 13.0 Å². The second-order valence-electron chi connectivity index (χ2n) is 4.94. The molecule has 96 valence electrons. The number of rotatable bonds is 3. The summed E-state index contributed by atoms with van der Waals surface area (Å²) in [4.78, 5) is 0. The van der Waals surface area contributed by atoms with E-state index in [0.29, 0.717) is 5.92 Å². The molecule has 0 aliphatic heterocycles. The largest absolute Gasteiger partial charge is 0.384 e. The highest BCUT2D eigenvalue weighted by atomic mass is 127. The molecule has 0 aliphatic carbocycles. The van der Waals surface area contributed by atoms with Gasteiger partial charge in [-0.05, 0) is 47.1 Å². The lowest BCUT2D eigenvalue weighted by molar-refractivity contribution is 0.648. The highest BCUT2D eigenvalue weighted by Crippen LogP contribution is 2.29. The molecule has 3 nitrogen and oxygen atoms in total. The molecule has 0 fully saturated rings. The van der Waals surface area contributed by atoms with Crippen LogP contribution in [0.5, 0.6) is 0 Å². The summed E-state index contributed by atoms with van der Waals surface area (Å²) < 4.78 is 3.00. The monoisotopic (exact) mass is 355 g/mol. The zero-order valence-corrected chi connectivity index (χ0v) is 13.1. The first-order valence-electron chi connectivity index (χ1n) is 6.06. The zero-order chi connectivity index (χ0) is 13.3. The molecule has 18 heavy (non-hydrogen) atoms. The van der Waals surface area contributed by atoms with E-state index >= 15 is 0 Å². The number of aromatic nitrogens is 2. The minimum absolute atomic E-state index is 0.569. The standard InChI is InChI=1S/C14H18IN3/c1-9(2)8-12-13(17-18(3)14(12)16)10-4-6-11(15)7-5-10/h4-7,9H,8,16H2,1-3H3. The van der Waals surface area contributed by atoms with E-state index in [2.05, 4.69) is 65.8 Å². The van der Waals surface area contributed by atoms with Crippen molar-refractivity contribution in [1.82, 2.24) is 9.78 Å². The predicted octanol–water partition coefficient (Wildman–Crippen LogP) is 3.47. The lowest BCUT2D eigenvalue weighted by Crippen LogP contribution is -2.02. The van der Waals surface area contributed by atoms with Gasteiger partial charge in [-0.15, -0.1) is 0 Å². The van der Waals surface area contributed by atoms with Gasteiger partial charge in [-0.1, -0.05) is 26.0 Å². The Hall–Kier alpha value is -1.04. The van der Waals surface area contributed by atoms with E-state index < -0.39 is 0 Å². The van der Waals surface area contributed by atoms with E-state index in [1.807, 2.05) is 7.05 Å². The molecule has 0 atom stereocenters. The summed E-state index contributed by atoms with van der Waals surface area (Å²) in [5.41, 5.74) is 9.43. The van der Waals surface area contributed by atoms with Crippen molar-refractivity contribution in [2.45, 2.75) is 20.3 Å². The van der Waals surface area contributed by atoms with Crippen LogP contribution in [0.4, 0.5) is 5.82 Å². The van der Waals surface area contributed by atoms with Crippen LogP contribution in [-0.2, 0) is 13.5 Å². The molecular formula is C14H18IN3. The Morgan fingerprint density at radius 2 is 1.89 bits per heavy atom. The Balaban J connectivity index is 2.49. The third-order valence-corrected chi connectivity index (χ3v) is 3.64. The van der Waals surface area contributed by atoms with Gasteiger partial charge in [0.25, 0.3) is 0 Å². The fourth-order valence-corrected chi connectivity index (χ4v) is 2.39. The van der Waals surface area contributed by atoms with Crippen LogP contribution in [0, 0.1) is 9.49 Å². The molecule has 0 spiro atoms. The molecule has 2 N–H and O–H groups in total. The lowest BCUT2D eigenvalue weighted by atomic mass is 9.99. The summed E-state index contributed by atoms with van der Waals surface area (Å²) in [6.07, 6.45) is 0.959. The van der Waals surface area contributed by atoms with Gasteiger partial charge >= 0.3 is 0 Å². The number of hydrogen-bond acceptors (Lipinski definition) is 2. The average Bonchev–Trinajstić information content (AvgIpc) is 2.58. The summed E-state index contributed by atoms with van der Waals surface area (Å²) in [6.45, 7) is 4.40. The quantitative estimate of drug-likeness (QED) is 0.857. The molecular weight excluding hydrogens is 337 g/mol. The topological polar surface area (TPSA) is 43.8 Å². The van der Waals surface area contributed by atoms with Crippen molar-refractivity contribution >= 4 is 28.4 Å². The van der Waals surface area contributed by atoms with Crippen LogP contribution in [0.2, 0.25) is 0 Å². The average molecular weight is 355 g/mol. The summed E-state index contributed by atoms with van der Waals surface area (Å²) in [6, 6.07) is 8.40. The van der Waals surface area contributed by atoms with Crippen LogP contribution < -0.4 is 5.73 Å². The molecule has 1 aromatic carbocycles. The van der Waals surface area contributed by atoms with E-state index in [-0.39, 0.29) is 0 Å². The van der Waals surface area contributed by atoms with Gasteiger partial charge in [0.2, 0.25) is 0 Å². The molecule has 2 rings (SSSR count). The van der Waals surface area contributed by atoms with Gasteiger partial charge < -0.3 is 5.73 Å². The van der Waals surface area contributed by atoms with Crippen LogP contribution >= 0.6 is 22.6 Å². The van der Waals surface area contributed by atoms with Gasteiger partial charge in [-0.3, -0.25) is 4.68 Å². The van der Waals surface area contributed by atoms with Crippen molar-refractivity contribution in [2.75, 3.05) is 5.73 Å². The normalized spacial score (nSPS) is 11.2. The Morgan fingerprint density at radius 1 is 1.28 bits per heavy atom. The van der Waals surface area contributed by atoms with Crippen molar-refractivity contribution in [3.05, 3.63) is 33.4 Å². The number of aryl methyl sites for hydroxylation is 1. The maximum Gasteiger partial charge on any atom is 0.125 e. The van der Waals surface area contributed by atoms with Gasteiger partial charge in [0.05, 0.1) is 5.69 Å². The van der Waals surface area contributed by atoms with Crippen LogP contribution in [0.1, 0.15) is 19.4 Å². The maximum atomic E-state index is 6.12. The fraction of sp³-hybridized carbons (Fsp3) is 0.357. The molecule has 2 aromatic rings.